The van der Waals surface area contributed by atoms with E-state index in [4.69, 9.17) is 4.74 Å². The largest absolute Gasteiger partial charge is 0.497 e. The van der Waals surface area contributed by atoms with Crippen LogP contribution in [-0.2, 0) is 7.05 Å². The predicted molar refractivity (Wildman–Crippen MR) is 55.7 cm³/mol. The average molecular weight is 189 g/mol. The molecule has 0 aliphatic rings. The highest BCUT2D eigenvalue weighted by molar-refractivity contribution is 5.80. The Bertz CT molecular complexity index is 528. The maximum absolute atomic E-state index is 11.4. The first-order chi connectivity index (χ1) is 6.72. The van der Waals surface area contributed by atoms with Gasteiger partial charge in [-0.2, -0.15) is 0 Å². The van der Waals surface area contributed by atoms with E-state index in [1.54, 1.807) is 24.8 Å². The van der Waals surface area contributed by atoms with Gasteiger partial charge in [0.05, 0.1) is 12.6 Å². The van der Waals surface area contributed by atoms with Gasteiger partial charge in [0.2, 0.25) is 0 Å². The molecule has 0 aliphatic heterocycles. The van der Waals surface area contributed by atoms with Crippen LogP contribution in [0.15, 0.2) is 35.1 Å². The second-order valence-corrected chi connectivity index (χ2v) is 3.16. The van der Waals surface area contributed by atoms with Crippen LogP contribution in [-0.4, -0.2) is 11.7 Å². The first-order valence-electron chi connectivity index (χ1n) is 4.36. The van der Waals surface area contributed by atoms with Crippen molar-refractivity contribution in [2.75, 3.05) is 7.11 Å². The Hall–Kier alpha value is -1.77. The van der Waals surface area contributed by atoms with Gasteiger partial charge in [-0.05, 0) is 23.6 Å². The molecule has 2 rings (SSSR count). The normalized spacial score (nSPS) is 10.4. The lowest BCUT2D eigenvalue weighted by Gasteiger charge is -2.05. The maximum atomic E-state index is 11.4. The molecule has 3 heteroatoms. The molecule has 2 aromatic rings. The van der Waals surface area contributed by atoms with Gasteiger partial charge >= 0.3 is 0 Å². The zero-order valence-electron chi connectivity index (χ0n) is 8.15. The van der Waals surface area contributed by atoms with Crippen molar-refractivity contribution < 1.29 is 4.74 Å². The number of aryl methyl sites for hydroxylation is 1. The fraction of sp³-hybridized carbons (Fsp3) is 0.182. The zero-order chi connectivity index (χ0) is 10.1. The lowest BCUT2D eigenvalue weighted by Crippen LogP contribution is -2.14. The molecular weight excluding hydrogens is 178 g/mol. The first kappa shape index (κ1) is 8.81. The van der Waals surface area contributed by atoms with Gasteiger partial charge in [0.25, 0.3) is 5.56 Å². The molecule has 0 amide bonds. The highest BCUT2D eigenvalue weighted by Gasteiger charge is 2.00. The molecule has 0 fully saturated rings. The van der Waals surface area contributed by atoms with Crippen LogP contribution in [0.5, 0.6) is 5.75 Å². The van der Waals surface area contributed by atoms with Gasteiger partial charge in [-0.15, -0.1) is 0 Å². The van der Waals surface area contributed by atoms with Crippen molar-refractivity contribution in [3.63, 3.8) is 0 Å². The molecule has 72 valence electrons. The second kappa shape index (κ2) is 3.18. The maximum Gasteiger partial charge on any atom is 0.250 e. The van der Waals surface area contributed by atoms with Crippen LogP contribution in [0.4, 0.5) is 0 Å². The van der Waals surface area contributed by atoms with Crippen LogP contribution in [0.1, 0.15) is 0 Å². The van der Waals surface area contributed by atoms with E-state index >= 15 is 0 Å². The Morgan fingerprint density at radius 3 is 2.64 bits per heavy atom. The Balaban J connectivity index is 2.84. The molecule has 0 radical (unpaired) electrons. The highest BCUT2D eigenvalue weighted by atomic mass is 16.5. The van der Waals surface area contributed by atoms with E-state index in [-0.39, 0.29) is 5.56 Å². The summed E-state index contributed by atoms with van der Waals surface area (Å²) >= 11 is 0. The molecule has 0 atom stereocenters. The minimum atomic E-state index is -0.00856. The Morgan fingerprint density at radius 2 is 1.93 bits per heavy atom. The number of ether oxygens (including phenoxy) is 1. The quantitative estimate of drug-likeness (QED) is 0.681. The summed E-state index contributed by atoms with van der Waals surface area (Å²) in [6.45, 7) is 0. The summed E-state index contributed by atoms with van der Waals surface area (Å²) in [6, 6.07) is 9.06. The zero-order valence-corrected chi connectivity index (χ0v) is 8.15. The van der Waals surface area contributed by atoms with Crippen molar-refractivity contribution in [2.24, 2.45) is 7.05 Å². The van der Waals surface area contributed by atoms with Crippen LogP contribution in [0.2, 0.25) is 0 Å². The minimum Gasteiger partial charge on any atom is -0.497 e. The molecule has 0 saturated carbocycles. The van der Waals surface area contributed by atoms with Crippen LogP contribution >= 0.6 is 0 Å². The van der Waals surface area contributed by atoms with Gasteiger partial charge in [-0.3, -0.25) is 4.79 Å². The number of benzene rings is 1. The number of pyridine rings is 1. The second-order valence-electron chi connectivity index (χ2n) is 3.16. The number of fused-ring (bicyclic) bond motifs is 1. The van der Waals surface area contributed by atoms with Crippen molar-refractivity contribution >= 4 is 10.9 Å². The third kappa shape index (κ3) is 1.27. The van der Waals surface area contributed by atoms with Crippen LogP contribution in [0, 0.1) is 0 Å². The molecule has 14 heavy (non-hydrogen) atoms. The molecule has 1 aromatic heterocycles. The van der Waals surface area contributed by atoms with Crippen LogP contribution < -0.4 is 10.3 Å². The molecule has 0 N–H and O–H groups in total. The number of hydrogen-bond acceptors (Lipinski definition) is 2. The fourth-order valence-electron chi connectivity index (χ4n) is 1.47. The lowest BCUT2D eigenvalue weighted by atomic mass is 10.2. The Morgan fingerprint density at radius 1 is 1.21 bits per heavy atom. The van der Waals surface area contributed by atoms with Crippen molar-refractivity contribution in [3.8, 4) is 5.75 Å². The number of nitrogens with zero attached hydrogens (tertiary/aromatic N) is 1. The van der Waals surface area contributed by atoms with Gasteiger partial charge in [0.1, 0.15) is 5.75 Å². The van der Waals surface area contributed by atoms with E-state index < -0.39 is 0 Å². The van der Waals surface area contributed by atoms with E-state index in [1.165, 1.54) is 0 Å². The number of aromatic nitrogens is 1. The van der Waals surface area contributed by atoms with Gasteiger partial charge in [-0.1, -0.05) is 0 Å². The van der Waals surface area contributed by atoms with Crippen LogP contribution in [0.3, 0.4) is 0 Å². The summed E-state index contributed by atoms with van der Waals surface area (Å²) < 4.78 is 6.71. The number of hydrogen-bond donors (Lipinski definition) is 0. The van der Waals surface area contributed by atoms with Crippen molar-refractivity contribution in [1.82, 2.24) is 4.57 Å². The Labute approximate surface area is 81.5 Å². The van der Waals surface area contributed by atoms with E-state index in [2.05, 4.69) is 0 Å². The summed E-state index contributed by atoms with van der Waals surface area (Å²) in [4.78, 5) is 11.4. The monoisotopic (exact) mass is 189 g/mol. The van der Waals surface area contributed by atoms with Crippen LogP contribution in [0.25, 0.3) is 10.9 Å². The van der Waals surface area contributed by atoms with Crippen molar-refractivity contribution in [2.45, 2.75) is 0 Å². The molecule has 1 aromatic carbocycles. The molecule has 0 saturated heterocycles. The molecule has 1 heterocycles. The average Bonchev–Trinajstić information content (AvgIpc) is 2.23. The van der Waals surface area contributed by atoms with Gasteiger partial charge < -0.3 is 9.30 Å². The third-order valence-electron chi connectivity index (χ3n) is 2.34. The minimum absolute atomic E-state index is 0.00856. The molecule has 0 unspecified atom stereocenters. The summed E-state index contributed by atoms with van der Waals surface area (Å²) in [5, 5.41) is 1.04. The van der Waals surface area contributed by atoms with E-state index in [1.807, 2.05) is 24.3 Å². The van der Waals surface area contributed by atoms with Crippen molar-refractivity contribution in [1.29, 1.82) is 0 Å². The predicted octanol–water partition coefficient (Wildman–Crippen LogP) is 1.55. The van der Waals surface area contributed by atoms with Crippen molar-refractivity contribution in [3.05, 3.63) is 40.7 Å². The molecule has 0 bridgehead atoms. The highest BCUT2D eigenvalue weighted by Crippen LogP contribution is 2.18. The first-order valence-corrected chi connectivity index (χ1v) is 4.36. The summed E-state index contributed by atoms with van der Waals surface area (Å²) in [6.07, 6.45) is 0. The summed E-state index contributed by atoms with van der Waals surface area (Å²) in [7, 11) is 3.37. The number of methoxy groups -OCH3 is 1. The molecular formula is C11H11NO2. The number of rotatable bonds is 1. The molecule has 0 aliphatic carbocycles. The third-order valence-corrected chi connectivity index (χ3v) is 2.34. The molecule has 3 nitrogen and oxygen atoms in total. The lowest BCUT2D eigenvalue weighted by molar-refractivity contribution is 0.415. The molecule has 0 spiro atoms. The standard InChI is InChI=1S/C11H11NO2/c1-12-10-7-9(14-2)5-3-8(10)4-6-11(12)13/h3-7H,1-2H3. The van der Waals surface area contributed by atoms with Gasteiger partial charge in [0, 0.05) is 19.2 Å². The van der Waals surface area contributed by atoms with Gasteiger partial charge in [-0.25, -0.2) is 0 Å². The van der Waals surface area contributed by atoms with E-state index in [0.29, 0.717) is 0 Å². The smallest absolute Gasteiger partial charge is 0.250 e. The SMILES string of the molecule is COc1ccc2ccc(=O)n(C)c2c1. The van der Waals surface area contributed by atoms with E-state index in [9.17, 15) is 4.79 Å². The summed E-state index contributed by atoms with van der Waals surface area (Å²) in [5.74, 6) is 0.763. The Kier molecular flexibility index (Phi) is 2.00. The topological polar surface area (TPSA) is 31.2 Å². The summed E-state index contributed by atoms with van der Waals surface area (Å²) in [5.41, 5.74) is 0.877. The van der Waals surface area contributed by atoms with Gasteiger partial charge in [0.15, 0.2) is 0 Å². The fourth-order valence-corrected chi connectivity index (χ4v) is 1.47. The van der Waals surface area contributed by atoms with E-state index in [0.717, 1.165) is 16.7 Å².